The maximum atomic E-state index is 13.2. The summed E-state index contributed by atoms with van der Waals surface area (Å²) in [7, 11) is 3.30. The van der Waals surface area contributed by atoms with E-state index in [1.165, 1.54) is 13.3 Å². The molecule has 0 saturated carbocycles. The molecule has 0 unspecified atom stereocenters. The minimum absolute atomic E-state index is 0.200. The summed E-state index contributed by atoms with van der Waals surface area (Å²) >= 11 is 5.90. The van der Waals surface area contributed by atoms with Gasteiger partial charge >= 0.3 is 5.97 Å². The van der Waals surface area contributed by atoms with Crippen molar-refractivity contribution in [3.8, 4) is 0 Å². The lowest BCUT2D eigenvalue weighted by atomic mass is 10.00. The first kappa shape index (κ1) is 23.5. The zero-order valence-electron chi connectivity index (χ0n) is 19.1. The van der Waals surface area contributed by atoms with Crippen LogP contribution in [-0.2, 0) is 4.74 Å². The van der Waals surface area contributed by atoms with Crippen molar-refractivity contribution in [2.24, 2.45) is 0 Å². The lowest BCUT2D eigenvalue weighted by molar-refractivity contribution is 0.0600. The summed E-state index contributed by atoms with van der Waals surface area (Å²) in [5.74, 6) is -0.374. The van der Waals surface area contributed by atoms with E-state index in [9.17, 15) is 9.59 Å². The lowest BCUT2D eigenvalue weighted by Crippen LogP contribution is -2.44. The van der Waals surface area contributed by atoms with Crippen molar-refractivity contribution in [2.75, 3.05) is 42.4 Å². The van der Waals surface area contributed by atoms with Gasteiger partial charge in [-0.3, -0.25) is 9.78 Å². The van der Waals surface area contributed by atoms with Crippen LogP contribution in [0.5, 0.6) is 0 Å². The van der Waals surface area contributed by atoms with E-state index in [1.54, 1.807) is 42.7 Å². The van der Waals surface area contributed by atoms with Crippen LogP contribution in [0.1, 0.15) is 33.6 Å². The summed E-state index contributed by atoms with van der Waals surface area (Å²) in [6.07, 6.45) is 6.88. The number of hydrogen-bond acceptors (Lipinski definition) is 7. The molecule has 0 aliphatic carbocycles. The molecule has 9 heteroatoms. The molecule has 8 nitrogen and oxygen atoms in total. The van der Waals surface area contributed by atoms with Crippen LogP contribution in [0.2, 0.25) is 5.02 Å². The van der Waals surface area contributed by atoms with Gasteiger partial charge in [0.1, 0.15) is 5.82 Å². The maximum absolute atomic E-state index is 13.2. The van der Waals surface area contributed by atoms with Crippen LogP contribution in [0.3, 0.4) is 0 Å². The molecule has 1 fully saturated rings. The molecule has 4 rings (SSSR count). The second-order valence-corrected chi connectivity index (χ2v) is 8.51. The number of hydrogen-bond donors (Lipinski definition) is 1. The Hall–Kier alpha value is -3.65. The number of pyridine rings is 2. The molecule has 0 radical (unpaired) electrons. The number of piperidine rings is 1. The monoisotopic (exact) mass is 479 g/mol. The minimum atomic E-state index is -0.450. The average Bonchev–Trinajstić information content (AvgIpc) is 2.89. The summed E-state index contributed by atoms with van der Waals surface area (Å²) in [6.45, 7) is 1.76. The van der Waals surface area contributed by atoms with Gasteiger partial charge < -0.3 is 19.9 Å². The van der Waals surface area contributed by atoms with Crippen molar-refractivity contribution in [1.29, 1.82) is 0 Å². The highest BCUT2D eigenvalue weighted by Gasteiger charge is 2.26. The van der Waals surface area contributed by atoms with Gasteiger partial charge in [0.25, 0.3) is 5.91 Å². The van der Waals surface area contributed by atoms with Crippen molar-refractivity contribution < 1.29 is 14.3 Å². The number of nitrogens with zero attached hydrogens (tertiary/aromatic N) is 4. The van der Waals surface area contributed by atoms with Crippen LogP contribution in [0, 0.1) is 0 Å². The van der Waals surface area contributed by atoms with Crippen LogP contribution in [0.4, 0.5) is 17.2 Å². The third-order valence-electron chi connectivity index (χ3n) is 6.05. The zero-order valence-corrected chi connectivity index (χ0v) is 19.8. The van der Waals surface area contributed by atoms with Gasteiger partial charge in [-0.05, 0) is 55.3 Å². The Morgan fingerprint density at radius 3 is 2.50 bits per heavy atom. The maximum Gasteiger partial charge on any atom is 0.337 e. The first-order chi connectivity index (χ1) is 16.5. The number of anilines is 3. The molecule has 3 aromatic rings. The predicted molar refractivity (Wildman–Crippen MR) is 133 cm³/mol. The first-order valence-electron chi connectivity index (χ1n) is 11.0. The fourth-order valence-corrected chi connectivity index (χ4v) is 4.27. The fourth-order valence-electron chi connectivity index (χ4n) is 4.16. The van der Waals surface area contributed by atoms with Crippen molar-refractivity contribution in [3.05, 3.63) is 77.2 Å². The van der Waals surface area contributed by atoms with E-state index in [-0.39, 0.29) is 11.9 Å². The molecule has 1 aliphatic rings. The molecule has 3 heterocycles. The first-order valence-corrected chi connectivity index (χ1v) is 11.4. The van der Waals surface area contributed by atoms with Gasteiger partial charge in [0.15, 0.2) is 0 Å². The van der Waals surface area contributed by atoms with Crippen LogP contribution < -0.4 is 15.1 Å². The van der Waals surface area contributed by atoms with E-state index in [1.807, 2.05) is 19.2 Å². The number of ether oxygens (including phenoxy) is 1. The Morgan fingerprint density at radius 2 is 1.85 bits per heavy atom. The van der Waals surface area contributed by atoms with Crippen molar-refractivity contribution in [3.63, 3.8) is 0 Å². The van der Waals surface area contributed by atoms with E-state index in [0.717, 1.165) is 31.6 Å². The highest BCUT2D eigenvalue weighted by atomic mass is 35.5. The Labute approximate surface area is 203 Å². The van der Waals surface area contributed by atoms with E-state index >= 15 is 0 Å². The largest absolute Gasteiger partial charge is 0.465 e. The highest BCUT2D eigenvalue weighted by molar-refractivity contribution is 6.30. The van der Waals surface area contributed by atoms with Crippen molar-refractivity contribution in [1.82, 2.24) is 9.97 Å². The standard InChI is InChI=1S/C25H26ClN5O3/c1-30(19-9-13-31(14-10-19)20-7-11-27-12-8-20)22-15-17(25(33)34-2)3-5-21(22)24(32)29-23-6-4-18(26)16-28-23/h3-8,11-12,15-16,19H,9-10,13-14H2,1-2H3,(H,28,29,32). The summed E-state index contributed by atoms with van der Waals surface area (Å²) < 4.78 is 4.89. The normalized spacial score (nSPS) is 13.9. The number of methoxy groups -OCH3 is 1. The van der Waals surface area contributed by atoms with Crippen LogP contribution in [0.25, 0.3) is 0 Å². The quantitative estimate of drug-likeness (QED) is 0.528. The Kier molecular flexibility index (Phi) is 7.27. The molecule has 2 aromatic heterocycles. The SMILES string of the molecule is COC(=O)c1ccc(C(=O)Nc2ccc(Cl)cn2)c(N(C)C2CCN(c3ccncc3)CC2)c1. The van der Waals surface area contributed by atoms with Gasteiger partial charge in [-0.2, -0.15) is 0 Å². The zero-order chi connectivity index (χ0) is 24.1. The fraction of sp³-hybridized carbons (Fsp3) is 0.280. The van der Waals surface area contributed by atoms with Crippen LogP contribution in [-0.4, -0.2) is 55.1 Å². The average molecular weight is 480 g/mol. The van der Waals surface area contributed by atoms with Gasteiger partial charge in [-0.15, -0.1) is 0 Å². The molecule has 1 saturated heterocycles. The number of nitrogens with one attached hydrogen (secondary N) is 1. The third-order valence-corrected chi connectivity index (χ3v) is 6.28. The Balaban J connectivity index is 1.56. The molecule has 0 spiro atoms. The summed E-state index contributed by atoms with van der Waals surface area (Å²) in [5, 5.41) is 3.29. The number of carbonyl (C=O) groups is 2. The molecule has 0 bridgehead atoms. The summed E-state index contributed by atoms with van der Waals surface area (Å²) in [5.41, 5.74) is 2.65. The number of amides is 1. The molecule has 1 aromatic carbocycles. The topological polar surface area (TPSA) is 87.7 Å². The third kappa shape index (κ3) is 5.28. The van der Waals surface area contributed by atoms with Crippen LogP contribution >= 0.6 is 11.6 Å². The second kappa shape index (κ2) is 10.5. The number of esters is 1. The molecular formula is C25H26ClN5O3. The van der Waals surface area contributed by atoms with Gasteiger partial charge in [0.05, 0.1) is 28.9 Å². The van der Waals surface area contributed by atoms with E-state index in [4.69, 9.17) is 16.3 Å². The number of carbonyl (C=O) groups excluding carboxylic acids is 2. The van der Waals surface area contributed by atoms with E-state index < -0.39 is 5.97 Å². The second-order valence-electron chi connectivity index (χ2n) is 8.07. The molecule has 34 heavy (non-hydrogen) atoms. The minimum Gasteiger partial charge on any atom is -0.465 e. The number of aromatic nitrogens is 2. The number of halogens is 1. The Bertz CT molecular complexity index is 1150. The molecule has 1 aliphatic heterocycles. The van der Waals surface area contributed by atoms with Crippen molar-refractivity contribution in [2.45, 2.75) is 18.9 Å². The molecular weight excluding hydrogens is 454 g/mol. The molecule has 1 amide bonds. The van der Waals surface area contributed by atoms with Gasteiger partial charge in [-0.25, -0.2) is 9.78 Å². The van der Waals surface area contributed by atoms with E-state index in [2.05, 4.69) is 25.1 Å². The van der Waals surface area contributed by atoms with Gasteiger partial charge in [0, 0.05) is 50.5 Å². The smallest absolute Gasteiger partial charge is 0.337 e. The number of benzene rings is 1. The van der Waals surface area contributed by atoms with Gasteiger partial charge in [0.2, 0.25) is 0 Å². The van der Waals surface area contributed by atoms with E-state index in [0.29, 0.717) is 27.7 Å². The molecule has 0 atom stereocenters. The molecule has 1 N–H and O–H groups in total. The summed E-state index contributed by atoms with van der Waals surface area (Å²) in [6, 6.07) is 12.5. The highest BCUT2D eigenvalue weighted by Crippen LogP contribution is 2.29. The summed E-state index contributed by atoms with van der Waals surface area (Å²) in [4.78, 5) is 38.0. The van der Waals surface area contributed by atoms with Crippen LogP contribution in [0.15, 0.2) is 61.1 Å². The number of rotatable bonds is 6. The van der Waals surface area contributed by atoms with Crippen molar-refractivity contribution >= 4 is 40.7 Å². The lowest BCUT2D eigenvalue weighted by Gasteiger charge is -2.39. The van der Waals surface area contributed by atoms with Gasteiger partial charge in [-0.1, -0.05) is 11.6 Å². The molecule has 176 valence electrons. The Morgan fingerprint density at radius 1 is 1.12 bits per heavy atom. The predicted octanol–water partition coefficient (Wildman–Crippen LogP) is 4.27.